The Hall–Kier alpha value is -2.08. The number of carbonyl (C=O) groups excluding carboxylic acids is 1. The molecule has 0 radical (unpaired) electrons. The van der Waals surface area contributed by atoms with Gasteiger partial charge in [0.2, 0.25) is 5.91 Å². The predicted molar refractivity (Wildman–Crippen MR) is 128 cm³/mol. The summed E-state index contributed by atoms with van der Waals surface area (Å²) in [4.78, 5) is 21.9. The van der Waals surface area contributed by atoms with Crippen molar-refractivity contribution in [3.63, 3.8) is 0 Å². The number of guanidine groups is 1. The topological polar surface area (TPSA) is 60.0 Å². The Morgan fingerprint density at radius 2 is 1.74 bits per heavy atom. The van der Waals surface area contributed by atoms with Crippen LogP contribution < -0.4 is 10.6 Å². The summed E-state index contributed by atoms with van der Waals surface area (Å²) in [5, 5.41) is 6.87. The van der Waals surface area contributed by atoms with E-state index < -0.39 is 0 Å². The van der Waals surface area contributed by atoms with Gasteiger partial charge in [0, 0.05) is 38.8 Å². The van der Waals surface area contributed by atoms with Crippen LogP contribution in [0.4, 0.5) is 0 Å². The highest BCUT2D eigenvalue weighted by Crippen LogP contribution is 2.21. The van der Waals surface area contributed by atoms with E-state index >= 15 is 0 Å². The Bertz CT molecular complexity index is 676. The van der Waals surface area contributed by atoms with Crippen LogP contribution in [0.15, 0.2) is 35.3 Å². The molecule has 2 aliphatic rings. The molecule has 0 aromatic heterocycles. The summed E-state index contributed by atoms with van der Waals surface area (Å²) in [6.45, 7) is 10.5. The predicted octanol–water partition coefficient (Wildman–Crippen LogP) is 2.90. The van der Waals surface area contributed by atoms with Crippen LogP contribution in [0.3, 0.4) is 0 Å². The molecule has 1 aromatic carbocycles. The molecule has 1 amide bonds. The number of nitrogens with one attached hydrogen (secondary N) is 2. The van der Waals surface area contributed by atoms with E-state index in [9.17, 15) is 4.79 Å². The van der Waals surface area contributed by atoms with Gasteiger partial charge in [0.05, 0.1) is 0 Å². The van der Waals surface area contributed by atoms with E-state index in [1.54, 1.807) is 0 Å². The number of hydrogen-bond acceptors (Lipinski definition) is 3. The molecule has 0 unspecified atom stereocenters. The van der Waals surface area contributed by atoms with E-state index in [1.807, 2.05) is 4.90 Å². The first-order chi connectivity index (χ1) is 15.2. The molecule has 3 rings (SSSR count). The number of aliphatic imine (C=N–C) groups is 1. The van der Waals surface area contributed by atoms with Crippen molar-refractivity contribution in [2.24, 2.45) is 10.9 Å². The van der Waals surface area contributed by atoms with E-state index in [0.29, 0.717) is 12.0 Å². The zero-order valence-electron chi connectivity index (χ0n) is 19.5. The molecular formula is C25H41N5O. The van der Waals surface area contributed by atoms with Gasteiger partial charge in [-0.25, -0.2) is 4.99 Å². The normalized spacial score (nSPS) is 19.4. The molecule has 2 heterocycles. The molecule has 172 valence electrons. The lowest BCUT2D eigenvalue weighted by molar-refractivity contribution is -0.130. The second kappa shape index (κ2) is 12.7. The van der Waals surface area contributed by atoms with Gasteiger partial charge in [-0.3, -0.25) is 4.79 Å². The third kappa shape index (κ3) is 7.84. The first kappa shape index (κ1) is 23.6. The second-order valence-electron chi connectivity index (χ2n) is 8.97. The van der Waals surface area contributed by atoms with Gasteiger partial charge in [0.1, 0.15) is 6.54 Å². The lowest BCUT2D eigenvalue weighted by atomic mass is 9.90. The van der Waals surface area contributed by atoms with Crippen LogP contribution in [0.2, 0.25) is 0 Å². The Labute approximate surface area is 188 Å². The van der Waals surface area contributed by atoms with Crippen LogP contribution in [-0.2, 0) is 11.2 Å². The average molecular weight is 428 g/mol. The van der Waals surface area contributed by atoms with Crippen molar-refractivity contribution < 1.29 is 4.79 Å². The minimum absolute atomic E-state index is 0.146. The molecule has 6 nitrogen and oxygen atoms in total. The minimum Gasteiger partial charge on any atom is -0.357 e. The molecule has 2 saturated heterocycles. The van der Waals surface area contributed by atoms with E-state index in [-0.39, 0.29) is 12.5 Å². The van der Waals surface area contributed by atoms with Gasteiger partial charge < -0.3 is 20.4 Å². The summed E-state index contributed by atoms with van der Waals surface area (Å²) in [6.07, 6.45) is 6.76. The van der Waals surface area contributed by atoms with Crippen molar-refractivity contribution in [1.82, 2.24) is 20.4 Å². The number of piperidine rings is 2. The van der Waals surface area contributed by atoms with Gasteiger partial charge >= 0.3 is 0 Å². The standard InChI is InChI=1S/C25H41N5O/c1-3-14-29-15-12-23(13-16-29)28-25(26-4-2)27-20-24(31)30-17-10-22(11-18-30)19-21-8-6-5-7-9-21/h5-9,22-23H,3-4,10-20H2,1-2H3,(H2,26,27,28). The second-order valence-corrected chi connectivity index (χ2v) is 8.97. The molecule has 0 saturated carbocycles. The Kier molecular flexibility index (Phi) is 9.66. The number of amides is 1. The minimum atomic E-state index is 0.146. The monoisotopic (exact) mass is 427 g/mol. The summed E-state index contributed by atoms with van der Waals surface area (Å²) >= 11 is 0. The fourth-order valence-electron chi connectivity index (χ4n) is 4.71. The zero-order chi connectivity index (χ0) is 21.9. The van der Waals surface area contributed by atoms with Crippen molar-refractivity contribution in [1.29, 1.82) is 0 Å². The molecule has 2 aliphatic heterocycles. The van der Waals surface area contributed by atoms with Gasteiger partial charge in [-0.1, -0.05) is 37.3 Å². The summed E-state index contributed by atoms with van der Waals surface area (Å²) in [5.41, 5.74) is 1.40. The average Bonchev–Trinajstić information content (AvgIpc) is 2.80. The van der Waals surface area contributed by atoms with E-state index in [4.69, 9.17) is 0 Å². The molecular weight excluding hydrogens is 386 g/mol. The van der Waals surface area contributed by atoms with Crippen molar-refractivity contribution in [3.8, 4) is 0 Å². The maximum absolute atomic E-state index is 12.7. The van der Waals surface area contributed by atoms with Gasteiger partial charge in [-0.2, -0.15) is 0 Å². The molecule has 2 N–H and O–H groups in total. The van der Waals surface area contributed by atoms with Gasteiger partial charge in [-0.05, 0) is 63.5 Å². The molecule has 0 bridgehead atoms. The first-order valence-electron chi connectivity index (χ1n) is 12.3. The molecule has 1 aromatic rings. The van der Waals surface area contributed by atoms with Gasteiger partial charge in [0.25, 0.3) is 0 Å². The highest BCUT2D eigenvalue weighted by atomic mass is 16.2. The molecule has 2 fully saturated rings. The number of rotatable bonds is 8. The van der Waals surface area contributed by atoms with E-state index in [0.717, 1.165) is 70.8 Å². The molecule has 0 spiro atoms. The number of carbonyl (C=O) groups is 1. The molecule has 6 heteroatoms. The molecule has 0 atom stereocenters. The SMILES string of the molecule is CCCN1CCC(NC(=NCC(=O)N2CCC(Cc3ccccc3)CC2)NCC)CC1. The van der Waals surface area contributed by atoms with Crippen LogP contribution in [-0.4, -0.2) is 73.5 Å². The highest BCUT2D eigenvalue weighted by Gasteiger charge is 2.23. The van der Waals surface area contributed by atoms with Crippen molar-refractivity contribution in [2.75, 3.05) is 45.8 Å². The summed E-state index contributed by atoms with van der Waals surface area (Å²) in [5.74, 6) is 1.60. The summed E-state index contributed by atoms with van der Waals surface area (Å²) in [7, 11) is 0. The first-order valence-corrected chi connectivity index (χ1v) is 12.3. The maximum Gasteiger partial charge on any atom is 0.244 e. The van der Waals surface area contributed by atoms with Crippen LogP contribution in [0, 0.1) is 5.92 Å². The number of nitrogens with zero attached hydrogens (tertiary/aromatic N) is 3. The number of benzene rings is 1. The Balaban J connectivity index is 1.41. The Morgan fingerprint density at radius 1 is 1.03 bits per heavy atom. The van der Waals surface area contributed by atoms with Crippen molar-refractivity contribution >= 4 is 11.9 Å². The van der Waals surface area contributed by atoms with Crippen molar-refractivity contribution in [3.05, 3.63) is 35.9 Å². The fraction of sp³-hybridized carbons (Fsp3) is 0.680. The third-order valence-electron chi connectivity index (χ3n) is 6.52. The smallest absolute Gasteiger partial charge is 0.244 e. The summed E-state index contributed by atoms with van der Waals surface area (Å²) < 4.78 is 0. The molecule has 31 heavy (non-hydrogen) atoms. The fourth-order valence-corrected chi connectivity index (χ4v) is 4.71. The van der Waals surface area contributed by atoms with Crippen LogP contribution >= 0.6 is 0 Å². The highest BCUT2D eigenvalue weighted by molar-refractivity contribution is 5.85. The molecule has 0 aliphatic carbocycles. The Morgan fingerprint density at radius 3 is 2.39 bits per heavy atom. The quantitative estimate of drug-likeness (QED) is 0.495. The number of likely N-dealkylation sites (tertiary alicyclic amines) is 2. The van der Waals surface area contributed by atoms with Crippen LogP contribution in [0.25, 0.3) is 0 Å². The zero-order valence-corrected chi connectivity index (χ0v) is 19.5. The summed E-state index contributed by atoms with van der Waals surface area (Å²) in [6, 6.07) is 11.1. The van der Waals surface area contributed by atoms with Crippen molar-refractivity contribution in [2.45, 2.75) is 58.4 Å². The van der Waals surface area contributed by atoms with Gasteiger partial charge in [0.15, 0.2) is 5.96 Å². The van der Waals surface area contributed by atoms with E-state index in [2.05, 4.69) is 64.7 Å². The lowest BCUT2D eigenvalue weighted by Crippen LogP contribution is -2.49. The third-order valence-corrected chi connectivity index (χ3v) is 6.52. The van der Waals surface area contributed by atoms with Crippen LogP contribution in [0.5, 0.6) is 0 Å². The van der Waals surface area contributed by atoms with Crippen LogP contribution in [0.1, 0.15) is 51.5 Å². The maximum atomic E-state index is 12.7. The number of hydrogen-bond donors (Lipinski definition) is 2. The van der Waals surface area contributed by atoms with Gasteiger partial charge in [-0.15, -0.1) is 0 Å². The lowest BCUT2D eigenvalue weighted by Gasteiger charge is -2.33. The van der Waals surface area contributed by atoms with E-state index in [1.165, 1.54) is 18.5 Å². The largest absolute Gasteiger partial charge is 0.357 e.